The monoisotopic (exact) mass is 821 g/mol. The molecule has 2 atom stereocenters. The molecule has 6 N–H and O–H groups in total. The number of imide groups is 1. The number of carbonyl (C=O) groups is 6. The second kappa shape index (κ2) is 21.8. The first-order valence-electron chi connectivity index (χ1n) is 19.3. The molecule has 4 rings (SSSR count). The van der Waals surface area contributed by atoms with E-state index in [1.807, 2.05) is 55.7 Å². The number of halogens is 2. The van der Waals surface area contributed by atoms with Gasteiger partial charge in [-0.05, 0) is 41.7 Å². The molecule has 0 fully saturated rings. The number of nitrogens with zero attached hydrogens (tertiary/aromatic N) is 3. The summed E-state index contributed by atoms with van der Waals surface area (Å²) < 4.78 is 36.6. The Kier molecular flexibility index (Phi) is 17.0. The number of nitrogens with one attached hydrogen (secondary N) is 3. The van der Waals surface area contributed by atoms with E-state index in [2.05, 4.69) is 16.0 Å². The lowest BCUT2D eigenvalue weighted by molar-refractivity contribution is -0.141. The molecule has 3 aromatic rings. The highest BCUT2D eigenvalue weighted by Crippen LogP contribution is 2.41. The number of hydrogen-bond acceptors (Lipinski definition) is 9. The van der Waals surface area contributed by atoms with Gasteiger partial charge in [-0.2, -0.15) is 0 Å². The van der Waals surface area contributed by atoms with E-state index in [0.29, 0.717) is 17.8 Å². The van der Waals surface area contributed by atoms with Crippen LogP contribution in [-0.4, -0.2) is 114 Å². The van der Waals surface area contributed by atoms with Gasteiger partial charge >= 0.3 is 0 Å². The number of ether oxygens (including phenoxy) is 1. The molecule has 318 valence electrons. The van der Waals surface area contributed by atoms with E-state index in [1.54, 1.807) is 12.3 Å². The lowest BCUT2D eigenvalue weighted by Gasteiger charge is -2.41. The van der Waals surface area contributed by atoms with Gasteiger partial charge in [0.1, 0.15) is 24.8 Å². The number of aliphatic hydroxyl groups is 1. The van der Waals surface area contributed by atoms with Crippen LogP contribution in [0.15, 0.2) is 72.9 Å². The molecule has 0 unspecified atom stereocenters. The second-order valence-electron chi connectivity index (χ2n) is 15.2. The number of hydrogen-bond donors (Lipinski definition) is 5. The van der Waals surface area contributed by atoms with Crippen molar-refractivity contribution >= 4 is 35.4 Å². The number of amides is 6. The van der Waals surface area contributed by atoms with Crippen LogP contribution in [0, 0.1) is 17.0 Å². The van der Waals surface area contributed by atoms with Gasteiger partial charge in [-0.15, -0.1) is 0 Å². The van der Waals surface area contributed by atoms with Crippen LogP contribution in [0.4, 0.5) is 8.78 Å². The van der Waals surface area contributed by atoms with Crippen molar-refractivity contribution in [2.45, 2.75) is 58.7 Å². The fourth-order valence-corrected chi connectivity index (χ4v) is 6.57. The molecular weight excluding hydrogens is 768 g/mol. The van der Waals surface area contributed by atoms with Crippen LogP contribution in [0.5, 0.6) is 0 Å². The third-order valence-electron chi connectivity index (χ3n) is 9.45. The van der Waals surface area contributed by atoms with Crippen LogP contribution in [0.2, 0.25) is 0 Å². The number of aliphatic hydroxyl groups excluding tert-OH is 1. The Balaban J connectivity index is 1.26. The molecule has 0 saturated heterocycles. The second-order valence-corrected chi connectivity index (χ2v) is 15.2. The zero-order valence-corrected chi connectivity index (χ0v) is 33.5. The Morgan fingerprint density at radius 2 is 1.51 bits per heavy atom. The van der Waals surface area contributed by atoms with Gasteiger partial charge in [-0.3, -0.25) is 33.7 Å². The van der Waals surface area contributed by atoms with Crippen LogP contribution in [0.3, 0.4) is 0 Å². The van der Waals surface area contributed by atoms with Crippen molar-refractivity contribution < 1.29 is 47.4 Å². The molecule has 17 heteroatoms. The third kappa shape index (κ3) is 13.9. The summed E-state index contributed by atoms with van der Waals surface area (Å²) in [6.07, 6.45) is 3.97. The molecule has 2 heterocycles. The maximum atomic E-state index is 15.0. The van der Waals surface area contributed by atoms with Crippen molar-refractivity contribution in [3.8, 4) is 11.1 Å². The molecular formula is C42H53F2N7O8. The fourth-order valence-electron chi connectivity index (χ4n) is 6.57. The van der Waals surface area contributed by atoms with Gasteiger partial charge < -0.3 is 41.0 Å². The minimum atomic E-state index is -0.777. The maximum absolute atomic E-state index is 15.0. The summed E-state index contributed by atoms with van der Waals surface area (Å²) in [5.74, 6) is -4.15. The van der Waals surface area contributed by atoms with E-state index in [-0.39, 0.29) is 76.7 Å². The van der Waals surface area contributed by atoms with Gasteiger partial charge in [0.25, 0.3) is 11.8 Å². The smallest absolute Gasteiger partial charge is 0.254 e. The molecule has 6 amide bonds. The van der Waals surface area contributed by atoms with Crippen molar-refractivity contribution in [3.05, 3.63) is 95.8 Å². The standard InChI is InChI=1S/C42H53F2N7O8/c1-42(2,3)41(34-21-29(32-22-30(43)9-10-33(32)44)25-49(34)24-28-7-5-4-6-8-28)50(40(58)27-52)18-15-31(45)23-48-36(54)12-11-35(53)46-16-19-59-20-17-47-37(55)26-51-38(56)13-14-39(51)57/h4-10,13-14,21-22,25,31,41,52H,11-12,15-20,23-24,26-27,45H2,1-3H3,(H,46,53)(H,47,55)(H,48,54)/t31-,41-/m0/s1. The number of nitrogens with two attached hydrogens (primary N) is 1. The minimum Gasteiger partial charge on any atom is -0.387 e. The first kappa shape index (κ1) is 45.9. The average molecular weight is 822 g/mol. The Morgan fingerprint density at radius 1 is 0.881 bits per heavy atom. The Hall–Kier alpha value is -5.78. The van der Waals surface area contributed by atoms with E-state index in [4.69, 9.17) is 10.5 Å². The summed E-state index contributed by atoms with van der Waals surface area (Å²) >= 11 is 0. The van der Waals surface area contributed by atoms with Crippen molar-refractivity contribution in [2.75, 3.05) is 52.5 Å². The fraction of sp³-hybridized carbons (Fsp3) is 0.429. The van der Waals surface area contributed by atoms with Gasteiger partial charge in [-0.1, -0.05) is 51.1 Å². The predicted molar refractivity (Wildman–Crippen MR) is 214 cm³/mol. The van der Waals surface area contributed by atoms with Crippen molar-refractivity contribution in [1.82, 2.24) is 30.3 Å². The van der Waals surface area contributed by atoms with Gasteiger partial charge in [-0.25, -0.2) is 8.78 Å². The van der Waals surface area contributed by atoms with Gasteiger partial charge in [0.2, 0.25) is 23.6 Å². The molecule has 0 saturated carbocycles. The number of rotatable bonds is 22. The topological polar surface area (TPSA) is 205 Å². The zero-order chi connectivity index (χ0) is 43.1. The highest BCUT2D eigenvalue weighted by Gasteiger charge is 2.37. The summed E-state index contributed by atoms with van der Waals surface area (Å²) in [6, 6.07) is 13.3. The van der Waals surface area contributed by atoms with E-state index in [9.17, 15) is 38.3 Å². The lowest BCUT2D eigenvalue weighted by Crippen LogP contribution is -2.46. The Morgan fingerprint density at radius 3 is 2.14 bits per heavy atom. The van der Waals surface area contributed by atoms with Gasteiger partial charge in [0.05, 0.1) is 19.3 Å². The quantitative estimate of drug-likeness (QED) is 0.0744. The molecule has 0 aliphatic carbocycles. The third-order valence-corrected chi connectivity index (χ3v) is 9.45. The first-order chi connectivity index (χ1) is 28.1. The van der Waals surface area contributed by atoms with Gasteiger partial charge in [0.15, 0.2) is 0 Å². The minimum absolute atomic E-state index is 0.0566. The van der Waals surface area contributed by atoms with Gasteiger partial charge in [0, 0.05) is 86.8 Å². The Labute approximate surface area is 341 Å². The van der Waals surface area contributed by atoms with E-state index in [1.165, 1.54) is 4.90 Å². The molecule has 0 bridgehead atoms. The van der Waals surface area contributed by atoms with E-state index >= 15 is 4.39 Å². The van der Waals surface area contributed by atoms with Crippen molar-refractivity contribution in [3.63, 3.8) is 0 Å². The normalized spacial score (nSPS) is 13.6. The number of aromatic nitrogens is 1. The summed E-state index contributed by atoms with van der Waals surface area (Å²) in [4.78, 5) is 75.6. The van der Waals surface area contributed by atoms with Crippen LogP contribution in [0.25, 0.3) is 11.1 Å². The summed E-state index contributed by atoms with van der Waals surface area (Å²) in [5.41, 5.74) is 7.85. The van der Waals surface area contributed by atoms with Crippen molar-refractivity contribution in [1.29, 1.82) is 0 Å². The molecule has 0 spiro atoms. The number of carbonyl (C=O) groups excluding carboxylic acids is 6. The van der Waals surface area contributed by atoms with E-state index < -0.39 is 65.3 Å². The molecule has 15 nitrogen and oxygen atoms in total. The van der Waals surface area contributed by atoms with Crippen molar-refractivity contribution in [2.24, 2.45) is 11.1 Å². The molecule has 1 aliphatic heterocycles. The lowest BCUT2D eigenvalue weighted by atomic mass is 9.82. The average Bonchev–Trinajstić information content (AvgIpc) is 3.75. The first-order valence-corrected chi connectivity index (χ1v) is 19.3. The van der Waals surface area contributed by atoms with Crippen LogP contribution < -0.4 is 21.7 Å². The molecule has 0 radical (unpaired) electrons. The van der Waals surface area contributed by atoms with E-state index in [0.717, 1.165) is 40.8 Å². The van der Waals surface area contributed by atoms with Crippen LogP contribution >= 0.6 is 0 Å². The Bertz CT molecular complexity index is 1960. The maximum Gasteiger partial charge on any atom is 0.254 e. The highest BCUT2D eigenvalue weighted by molar-refractivity contribution is 6.14. The largest absolute Gasteiger partial charge is 0.387 e. The molecule has 59 heavy (non-hydrogen) atoms. The van der Waals surface area contributed by atoms with Crippen LogP contribution in [-0.2, 0) is 40.0 Å². The predicted octanol–water partition coefficient (Wildman–Crippen LogP) is 2.18. The summed E-state index contributed by atoms with van der Waals surface area (Å²) in [5, 5.41) is 18.0. The molecule has 1 aliphatic rings. The summed E-state index contributed by atoms with van der Waals surface area (Å²) in [6.45, 7) is 5.77. The summed E-state index contributed by atoms with van der Waals surface area (Å²) in [7, 11) is 0. The SMILES string of the molecule is CC(C)(C)[C@H](c1cc(-c2cc(F)ccc2F)cn1Cc1ccccc1)N(CC[C@H](N)CNC(=O)CCC(=O)NCCOCCNC(=O)CN1C(=O)C=CC1=O)C(=O)CO. The molecule has 1 aromatic heterocycles. The molecule has 2 aromatic carbocycles. The number of benzene rings is 2. The van der Waals surface area contributed by atoms with Crippen LogP contribution in [0.1, 0.15) is 57.3 Å². The zero-order valence-electron chi connectivity index (χ0n) is 33.5. The highest BCUT2D eigenvalue weighted by atomic mass is 19.1.